The molecule has 0 saturated heterocycles. The Hall–Kier alpha value is 0.780. The van der Waals surface area contributed by atoms with Crippen LogP contribution < -0.4 is 42.0 Å². The summed E-state index contributed by atoms with van der Waals surface area (Å²) in [7, 11) is 0. The maximum atomic E-state index is 7.32. The molecule has 0 radical (unpaired) electrons. The Morgan fingerprint density at radius 2 is 1.60 bits per heavy atom. The SMILES string of the molecule is CC#N.[Cl-].[Na+]. The Morgan fingerprint density at radius 1 is 1.60 bits per heavy atom. The van der Waals surface area contributed by atoms with Crippen molar-refractivity contribution >= 4 is 0 Å². The molecule has 0 aromatic heterocycles. The minimum atomic E-state index is 0. The fourth-order valence-electron chi connectivity index (χ4n) is 0. The molecule has 0 rings (SSSR count). The van der Waals surface area contributed by atoms with Crippen molar-refractivity contribution in [2.24, 2.45) is 0 Å². The Balaban J connectivity index is -0.0000000200. The first-order chi connectivity index (χ1) is 1.41. The van der Waals surface area contributed by atoms with E-state index in [-0.39, 0.29) is 42.0 Å². The third-order valence-electron chi connectivity index (χ3n) is 0. The normalized spacial score (nSPS) is 1.60. The maximum Gasteiger partial charge on any atom is 1.00 e. The van der Waals surface area contributed by atoms with E-state index in [0.717, 1.165) is 0 Å². The largest absolute Gasteiger partial charge is 1.00 e. The van der Waals surface area contributed by atoms with E-state index in [4.69, 9.17) is 5.26 Å². The monoisotopic (exact) mass is 99.0 g/mol. The zero-order valence-electron chi connectivity index (χ0n) is 3.33. The molecule has 0 N–H and O–H groups in total. The van der Waals surface area contributed by atoms with Crippen LogP contribution in [0.1, 0.15) is 6.92 Å². The molecule has 5 heavy (non-hydrogen) atoms. The van der Waals surface area contributed by atoms with E-state index >= 15 is 0 Å². The number of hydrogen-bond acceptors (Lipinski definition) is 1. The molecule has 3 heteroatoms. The predicted octanol–water partition coefficient (Wildman–Crippen LogP) is -5.46. The van der Waals surface area contributed by atoms with Crippen molar-refractivity contribution < 1.29 is 42.0 Å². The van der Waals surface area contributed by atoms with Gasteiger partial charge in [0.1, 0.15) is 0 Å². The average molecular weight is 99.5 g/mol. The average Bonchev–Trinajstić information content (AvgIpc) is 0.918. The van der Waals surface area contributed by atoms with Crippen LogP contribution in [0, 0.1) is 11.3 Å². The van der Waals surface area contributed by atoms with Crippen molar-refractivity contribution in [3.63, 3.8) is 0 Å². The number of nitriles is 1. The van der Waals surface area contributed by atoms with E-state index in [2.05, 4.69) is 0 Å². The van der Waals surface area contributed by atoms with Crippen molar-refractivity contribution in [1.29, 1.82) is 5.26 Å². The molecule has 0 heterocycles. The molecule has 0 aliphatic carbocycles. The number of rotatable bonds is 0. The molecule has 0 fully saturated rings. The van der Waals surface area contributed by atoms with E-state index < -0.39 is 0 Å². The fraction of sp³-hybridized carbons (Fsp3) is 0.500. The molecule has 0 saturated carbocycles. The van der Waals surface area contributed by atoms with Crippen LogP contribution >= 0.6 is 0 Å². The van der Waals surface area contributed by atoms with Gasteiger partial charge < -0.3 is 12.4 Å². The summed E-state index contributed by atoms with van der Waals surface area (Å²) in [5.41, 5.74) is 0. The summed E-state index contributed by atoms with van der Waals surface area (Å²) < 4.78 is 0. The zero-order valence-corrected chi connectivity index (χ0v) is 6.08. The van der Waals surface area contributed by atoms with Crippen LogP contribution in [0.3, 0.4) is 0 Å². The van der Waals surface area contributed by atoms with Crippen LogP contribution in [0.15, 0.2) is 0 Å². The Morgan fingerprint density at radius 3 is 1.60 bits per heavy atom. The summed E-state index contributed by atoms with van der Waals surface area (Å²) in [5, 5.41) is 7.32. The van der Waals surface area contributed by atoms with Crippen LogP contribution in [0.25, 0.3) is 0 Å². The van der Waals surface area contributed by atoms with Gasteiger partial charge in [-0.05, 0) is 0 Å². The summed E-state index contributed by atoms with van der Waals surface area (Å²) >= 11 is 0. The van der Waals surface area contributed by atoms with Gasteiger partial charge >= 0.3 is 29.6 Å². The van der Waals surface area contributed by atoms with Crippen LogP contribution in [0.5, 0.6) is 0 Å². The molecule has 0 spiro atoms. The van der Waals surface area contributed by atoms with Crippen LogP contribution in [0.4, 0.5) is 0 Å². The van der Waals surface area contributed by atoms with Gasteiger partial charge in [-0.3, -0.25) is 0 Å². The van der Waals surface area contributed by atoms with Crippen LogP contribution in [-0.4, -0.2) is 0 Å². The first-order valence-electron chi connectivity index (χ1n) is 0.724. The van der Waals surface area contributed by atoms with E-state index in [1.165, 1.54) is 6.92 Å². The first-order valence-corrected chi connectivity index (χ1v) is 0.724. The van der Waals surface area contributed by atoms with Gasteiger partial charge in [-0.1, -0.05) is 0 Å². The Kier molecular flexibility index (Phi) is 73.7. The van der Waals surface area contributed by atoms with Crippen molar-refractivity contribution in [2.75, 3.05) is 0 Å². The van der Waals surface area contributed by atoms with E-state index in [0.29, 0.717) is 0 Å². The van der Waals surface area contributed by atoms with Gasteiger partial charge in [-0.2, -0.15) is 5.26 Å². The van der Waals surface area contributed by atoms with Gasteiger partial charge in [0.25, 0.3) is 0 Å². The molecule has 0 aliphatic heterocycles. The maximum absolute atomic E-state index is 7.32. The first kappa shape index (κ1) is 17.1. The smallest absolute Gasteiger partial charge is 1.00 e. The number of halogens is 1. The van der Waals surface area contributed by atoms with Crippen molar-refractivity contribution in [3.05, 3.63) is 0 Å². The zero-order chi connectivity index (χ0) is 2.71. The molecular weight excluding hydrogens is 96.5 g/mol. The second kappa shape index (κ2) is 21.6. The second-order valence-electron chi connectivity index (χ2n) is 0.224. The summed E-state index contributed by atoms with van der Waals surface area (Å²) in [6.07, 6.45) is 0. The molecule has 0 aromatic carbocycles. The number of hydrogen-bond donors (Lipinski definition) is 0. The van der Waals surface area contributed by atoms with Crippen LogP contribution in [-0.2, 0) is 0 Å². The third-order valence-corrected chi connectivity index (χ3v) is 0. The van der Waals surface area contributed by atoms with E-state index in [9.17, 15) is 0 Å². The molecule has 0 bridgehead atoms. The summed E-state index contributed by atoms with van der Waals surface area (Å²) in [6, 6.07) is 1.75. The van der Waals surface area contributed by atoms with Gasteiger partial charge in [-0.15, -0.1) is 0 Å². The van der Waals surface area contributed by atoms with Crippen molar-refractivity contribution in [3.8, 4) is 6.07 Å². The van der Waals surface area contributed by atoms with Gasteiger partial charge in [-0.25, -0.2) is 0 Å². The minimum Gasteiger partial charge on any atom is -1.00 e. The number of nitrogens with zero attached hydrogens (tertiary/aromatic N) is 1. The second-order valence-corrected chi connectivity index (χ2v) is 0.224. The minimum absolute atomic E-state index is 0. The Bertz CT molecular complexity index is 31.1. The molecule has 0 atom stereocenters. The molecule has 0 aliphatic rings. The van der Waals surface area contributed by atoms with Gasteiger partial charge in [0.05, 0.1) is 6.07 Å². The Labute approximate surface area is 60.1 Å². The van der Waals surface area contributed by atoms with Crippen LogP contribution in [0.2, 0.25) is 0 Å². The predicted molar refractivity (Wildman–Crippen MR) is 11.3 cm³/mol. The van der Waals surface area contributed by atoms with Gasteiger partial charge in [0.2, 0.25) is 0 Å². The fourth-order valence-corrected chi connectivity index (χ4v) is 0. The van der Waals surface area contributed by atoms with Crippen molar-refractivity contribution in [2.45, 2.75) is 6.92 Å². The topological polar surface area (TPSA) is 23.8 Å². The summed E-state index contributed by atoms with van der Waals surface area (Å²) in [5.74, 6) is 0. The standard InChI is InChI=1S/C2H3N.ClH.Na/c1-2-3;;/h1H3;1H;/q;;+1/p-1. The quantitative estimate of drug-likeness (QED) is 0.278. The summed E-state index contributed by atoms with van der Waals surface area (Å²) in [6.45, 7) is 1.43. The molecule has 0 unspecified atom stereocenters. The summed E-state index contributed by atoms with van der Waals surface area (Å²) in [4.78, 5) is 0. The van der Waals surface area contributed by atoms with E-state index in [1.54, 1.807) is 6.07 Å². The van der Waals surface area contributed by atoms with E-state index in [1.807, 2.05) is 0 Å². The third kappa shape index (κ3) is 60.7. The van der Waals surface area contributed by atoms with Gasteiger partial charge in [0.15, 0.2) is 0 Å². The molecular formula is C2H3ClNNa. The molecule has 0 aromatic rings. The van der Waals surface area contributed by atoms with Crippen molar-refractivity contribution in [1.82, 2.24) is 0 Å². The molecule has 0 amide bonds. The molecule has 24 valence electrons. The van der Waals surface area contributed by atoms with Gasteiger partial charge in [0, 0.05) is 6.92 Å². The molecule has 1 nitrogen and oxygen atoms in total.